The van der Waals surface area contributed by atoms with Gasteiger partial charge in [0.05, 0.1) is 18.4 Å². The summed E-state index contributed by atoms with van der Waals surface area (Å²) in [6.45, 7) is 2.87. The highest BCUT2D eigenvalue weighted by atomic mass is 16.2. The largest absolute Gasteiger partial charge is 0.363 e. The first-order chi connectivity index (χ1) is 8.11. The van der Waals surface area contributed by atoms with Crippen LogP contribution in [0.25, 0.3) is 0 Å². The Balaban J connectivity index is 2.26. The third-order valence-electron chi connectivity index (χ3n) is 2.73. The van der Waals surface area contributed by atoms with Crippen LogP contribution in [0.3, 0.4) is 0 Å². The van der Waals surface area contributed by atoms with E-state index in [0.717, 1.165) is 5.56 Å². The molecule has 0 unspecified atom stereocenters. The minimum Gasteiger partial charge on any atom is -0.363 e. The minimum absolute atomic E-state index is 0.0467. The smallest absolute Gasteiger partial charge is 0.286 e. The zero-order valence-corrected chi connectivity index (χ0v) is 9.56. The normalized spacial score (nSPS) is 14.3. The van der Waals surface area contributed by atoms with E-state index in [9.17, 15) is 9.59 Å². The van der Waals surface area contributed by atoms with Gasteiger partial charge in [-0.15, -0.1) is 0 Å². The van der Waals surface area contributed by atoms with Gasteiger partial charge in [0.15, 0.2) is 0 Å². The van der Waals surface area contributed by atoms with Gasteiger partial charge in [0, 0.05) is 18.5 Å². The third-order valence-corrected chi connectivity index (χ3v) is 2.73. The van der Waals surface area contributed by atoms with Gasteiger partial charge in [-0.25, -0.2) is 9.97 Å². The van der Waals surface area contributed by atoms with E-state index >= 15 is 0 Å². The number of nitrogens with zero attached hydrogens (tertiary/aromatic N) is 3. The molecule has 1 aromatic rings. The number of primary amides is 1. The van der Waals surface area contributed by atoms with Crippen LogP contribution in [0.15, 0.2) is 0 Å². The lowest BCUT2D eigenvalue weighted by Crippen LogP contribution is -2.36. The van der Waals surface area contributed by atoms with Crippen molar-refractivity contribution < 1.29 is 9.59 Å². The lowest BCUT2D eigenvalue weighted by molar-refractivity contribution is -0.131. The van der Waals surface area contributed by atoms with Crippen molar-refractivity contribution in [1.82, 2.24) is 14.9 Å². The Hall–Kier alpha value is -1.98. The number of carbonyl (C=O) groups excluding carboxylic acids is 2. The molecular weight excluding hydrogens is 220 g/mol. The highest BCUT2D eigenvalue weighted by Crippen LogP contribution is 2.16. The van der Waals surface area contributed by atoms with E-state index in [-0.39, 0.29) is 11.7 Å². The van der Waals surface area contributed by atoms with Crippen LogP contribution in [0, 0.1) is 6.20 Å². The topological polar surface area (TPSA) is 89.2 Å². The zero-order valence-electron chi connectivity index (χ0n) is 9.56. The molecule has 0 spiro atoms. The van der Waals surface area contributed by atoms with Gasteiger partial charge in [0.1, 0.15) is 0 Å². The van der Waals surface area contributed by atoms with Gasteiger partial charge in [-0.3, -0.25) is 9.59 Å². The van der Waals surface area contributed by atoms with Crippen LogP contribution in [0.5, 0.6) is 0 Å². The second-order valence-corrected chi connectivity index (χ2v) is 3.87. The molecule has 89 valence electrons. The summed E-state index contributed by atoms with van der Waals surface area (Å²) in [5.41, 5.74) is 6.63. The molecule has 0 bridgehead atoms. The van der Waals surface area contributed by atoms with Gasteiger partial charge in [-0.05, 0) is 6.42 Å². The van der Waals surface area contributed by atoms with Gasteiger partial charge >= 0.3 is 0 Å². The lowest BCUT2D eigenvalue weighted by Gasteiger charge is -2.27. The molecule has 0 aromatic carbocycles. The molecule has 1 aromatic heterocycles. The summed E-state index contributed by atoms with van der Waals surface area (Å²) >= 11 is 0. The van der Waals surface area contributed by atoms with E-state index in [1.807, 2.05) is 6.92 Å². The first-order valence-electron chi connectivity index (χ1n) is 5.47. The molecule has 2 heterocycles. The second kappa shape index (κ2) is 4.48. The maximum Gasteiger partial charge on any atom is 0.286 e. The third kappa shape index (κ3) is 2.25. The summed E-state index contributed by atoms with van der Waals surface area (Å²) in [6.07, 6.45) is 3.90. The summed E-state index contributed by atoms with van der Waals surface area (Å²) in [4.78, 5) is 32.1. The molecule has 2 rings (SSSR count). The van der Waals surface area contributed by atoms with Gasteiger partial charge in [0.2, 0.25) is 11.7 Å². The van der Waals surface area contributed by atoms with E-state index in [0.29, 0.717) is 31.6 Å². The van der Waals surface area contributed by atoms with Gasteiger partial charge in [0.25, 0.3) is 5.91 Å². The fraction of sp³-hybridized carbons (Fsp3) is 0.455. The van der Waals surface area contributed by atoms with Crippen molar-refractivity contribution in [3.8, 4) is 0 Å². The standard InChI is InChI=1S/C11H13N4O2/c1-2-9(16)15-4-3-7-5-13-11(10(12)17)14-8(7)6-15/h2-4,6H2,1H3,(H2,12,17). The monoisotopic (exact) mass is 233 g/mol. The summed E-state index contributed by atoms with van der Waals surface area (Å²) in [5, 5.41) is 0. The Morgan fingerprint density at radius 1 is 1.53 bits per heavy atom. The van der Waals surface area contributed by atoms with E-state index in [4.69, 9.17) is 5.73 Å². The second-order valence-electron chi connectivity index (χ2n) is 3.87. The summed E-state index contributed by atoms with van der Waals surface area (Å²) in [7, 11) is 0. The molecule has 1 aliphatic rings. The molecule has 17 heavy (non-hydrogen) atoms. The van der Waals surface area contributed by atoms with Crippen molar-refractivity contribution in [1.29, 1.82) is 0 Å². The number of aromatic nitrogens is 2. The van der Waals surface area contributed by atoms with Crippen molar-refractivity contribution in [2.24, 2.45) is 5.73 Å². The van der Waals surface area contributed by atoms with Gasteiger partial charge in [-0.1, -0.05) is 6.92 Å². The van der Waals surface area contributed by atoms with Crippen molar-refractivity contribution in [3.63, 3.8) is 0 Å². The molecule has 0 saturated carbocycles. The maximum atomic E-state index is 11.6. The molecule has 1 aliphatic heterocycles. The van der Waals surface area contributed by atoms with Crippen molar-refractivity contribution in [2.45, 2.75) is 26.3 Å². The lowest BCUT2D eigenvalue weighted by atomic mass is 10.1. The Morgan fingerprint density at radius 2 is 2.29 bits per heavy atom. The van der Waals surface area contributed by atoms with Crippen LogP contribution >= 0.6 is 0 Å². The predicted molar refractivity (Wildman–Crippen MR) is 58.8 cm³/mol. The number of hydrogen-bond acceptors (Lipinski definition) is 4. The predicted octanol–water partition coefficient (Wildman–Crippen LogP) is -0.330. The van der Waals surface area contributed by atoms with Crippen LogP contribution in [0.4, 0.5) is 0 Å². The number of hydrogen-bond donors (Lipinski definition) is 1. The van der Waals surface area contributed by atoms with Crippen LogP contribution in [0.1, 0.15) is 35.2 Å². The number of amides is 2. The average molecular weight is 233 g/mol. The molecule has 2 amide bonds. The summed E-state index contributed by atoms with van der Waals surface area (Å²) in [6, 6.07) is 0. The average Bonchev–Trinajstić information content (AvgIpc) is 2.36. The molecule has 0 fully saturated rings. The summed E-state index contributed by atoms with van der Waals surface area (Å²) in [5.74, 6) is -0.646. The fourth-order valence-corrected chi connectivity index (χ4v) is 1.79. The van der Waals surface area contributed by atoms with E-state index < -0.39 is 5.91 Å². The SMILES string of the molecule is CCC(=O)N1CCc2[c]nc(C(N)=O)nc2C1. The van der Waals surface area contributed by atoms with Crippen LogP contribution in [-0.2, 0) is 17.8 Å². The van der Waals surface area contributed by atoms with Crippen molar-refractivity contribution >= 4 is 11.8 Å². The number of rotatable bonds is 2. The molecule has 1 radical (unpaired) electrons. The first-order valence-corrected chi connectivity index (χ1v) is 5.47. The van der Waals surface area contributed by atoms with Gasteiger partial charge in [-0.2, -0.15) is 0 Å². The molecule has 0 aliphatic carbocycles. The highest BCUT2D eigenvalue weighted by Gasteiger charge is 2.22. The Kier molecular flexibility index (Phi) is 3.03. The van der Waals surface area contributed by atoms with E-state index in [1.165, 1.54) is 0 Å². The van der Waals surface area contributed by atoms with Crippen LogP contribution < -0.4 is 5.73 Å². The Labute approximate surface area is 98.8 Å². The summed E-state index contributed by atoms with van der Waals surface area (Å²) < 4.78 is 0. The van der Waals surface area contributed by atoms with E-state index in [1.54, 1.807) is 4.90 Å². The van der Waals surface area contributed by atoms with Crippen molar-refractivity contribution in [3.05, 3.63) is 23.3 Å². The first kappa shape index (κ1) is 11.5. The van der Waals surface area contributed by atoms with Crippen LogP contribution in [0.2, 0.25) is 0 Å². The molecule has 0 saturated heterocycles. The highest BCUT2D eigenvalue weighted by molar-refractivity contribution is 5.88. The number of nitrogens with two attached hydrogens (primary N) is 1. The molecule has 6 nitrogen and oxygen atoms in total. The molecule has 2 N–H and O–H groups in total. The van der Waals surface area contributed by atoms with Crippen molar-refractivity contribution in [2.75, 3.05) is 6.54 Å². The number of fused-ring (bicyclic) bond motifs is 1. The van der Waals surface area contributed by atoms with Crippen LogP contribution in [-0.4, -0.2) is 33.2 Å². The van der Waals surface area contributed by atoms with E-state index in [2.05, 4.69) is 16.2 Å². The Morgan fingerprint density at radius 3 is 2.94 bits per heavy atom. The fourth-order valence-electron chi connectivity index (χ4n) is 1.79. The Bertz CT molecular complexity index is 473. The van der Waals surface area contributed by atoms with Gasteiger partial charge < -0.3 is 10.6 Å². The quantitative estimate of drug-likeness (QED) is 0.757. The molecule has 6 heteroatoms. The maximum absolute atomic E-state index is 11.6. The zero-order chi connectivity index (χ0) is 12.4. The number of carbonyl (C=O) groups is 2. The minimum atomic E-state index is -0.678. The molecule has 0 atom stereocenters. The molecular formula is C11H13N4O2.